The zero-order valence-electron chi connectivity index (χ0n) is 6.33. The number of rotatable bonds is 4. The molecule has 11 heavy (non-hydrogen) atoms. The second-order valence-electron chi connectivity index (χ2n) is 2.18. The molecule has 0 aliphatic carbocycles. The van der Waals surface area contributed by atoms with E-state index in [1.807, 2.05) is 12.1 Å². The lowest BCUT2D eigenvalue weighted by Crippen LogP contribution is -2.22. The zero-order valence-corrected chi connectivity index (χ0v) is 6.33. The lowest BCUT2D eigenvalue weighted by molar-refractivity contribution is 0.673. The van der Waals surface area contributed by atoms with Gasteiger partial charge in [-0.1, -0.05) is 0 Å². The van der Waals surface area contributed by atoms with Crippen LogP contribution in [0.2, 0.25) is 0 Å². The number of nitrogens with one attached hydrogen (secondary N) is 1. The van der Waals surface area contributed by atoms with Crippen LogP contribution in [-0.2, 0) is 6.54 Å². The fraction of sp³-hybridized carbons (Fsp3) is 0.429. The molecule has 1 rings (SSSR count). The van der Waals surface area contributed by atoms with Gasteiger partial charge < -0.3 is 11.1 Å². The summed E-state index contributed by atoms with van der Waals surface area (Å²) in [5, 5.41) is 10.8. The van der Waals surface area contributed by atoms with Crippen LogP contribution in [0.5, 0.6) is 0 Å². The van der Waals surface area contributed by atoms with Gasteiger partial charge in [0.15, 0.2) is 0 Å². The van der Waals surface area contributed by atoms with Gasteiger partial charge in [0, 0.05) is 25.8 Å². The fourth-order valence-electron chi connectivity index (χ4n) is 0.746. The van der Waals surface area contributed by atoms with Gasteiger partial charge in [0.1, 0.15) is 0 Å². The summed E-state index contributed by atoms with van der Waals surface area (Å²) in [6, 6.07) is 3.79. The molecule has 3 N–H and O–H groups in total. The summed E-state index contributed by atoms with van der Waals surface area (Å²) in [7, 11) is 0. The highest BCUT2D eigenvalue weighted by molar-refractivity contribution is 4.98. The van der Waals surface area contributed by atoms with E-state index in [0.717, 1.165) is 18.8 Å². The van der Waals surface area contributed by atoms with E-state index in [9.17, 15) is 0 Å². The Kier molecular flexibility index (Phi) is 3.51. The van der Waals surface area contributed by atoms with Gasteiger partial charge in [-0.15, -0.1) is 0 Å². The quantitative estimate of drug-likeness (QED) is 0.572. The summed E-state index contributed by atoms with van der Waals surface area (Å²) in [5.74, 6) is 0. The van der Waals surface area contributed by atoms with Crippen molar-refractivity contribution in [2.24, 2.45) is 5.73 Å². The van der Waals surface area contributed by atoms with Crippen LogP contribution >= 0.6 is 0 Å². The van der Waals surface area contributed by atoms with Gasteiger partial charge in [-0.25, -0.2) is 0 Å². The van der Waals surface area contributed by atoms with E-state index in [-0.39, 0.29) is 0 Å². The van der Waals surface area contributed by atoms with Crippen LogP contribution in [0.1, 0.15) is 5.69 Å². The SMILES string of the molecule is NCCNCc1cccnn1. The Labute approximate surface area is 65.8 Å². The molecule has 1 aromatic rings. The van der Waals surface area contributed by atoms with Crippen LogP contribution in [0.15, 0.2) is 18.3 Å². The summed E-state index contributed by atoms with van der Waals surface area (Å²) in [6.07, 6.45) is 1.66. The molecule has 0 saturated heterocycles. The van der Waals surface area contributed by atoms with Crippen LogP contribution < -0.4 is 11.1 Å². The molecule has 0 atom stereocenters. The lowest BCUT2D eigenvalue weighted by atomic mass is 10.4. The molecule has 0 fully saturated rings. The molecule has 60 valence electrons. The van der Waals surface area contributed by atoms with Crippen molar-refractivity contribution >= 4 is 0 Å². The zero-order chi connectivity index (χ0) is 7.94. The van der Waals surface area contributed by atoms with Crippen molar-refractivity contribution in [1.82, 2.24) is 15.5 Å². The Hall–Kier alpha value is -1.00. The minimum absolute atomic E-state index is 0.653. The first-order valence-corrected chi connectivity index (χ1v) is 3.61. The summed E-state index contributed by atoms with van der Waals surface area (Å²) in [5.41, 5.74) is 6.24. The van der Waals surface area contributed by atoms with Crippen molar-refractivity contribution in [3.8, 4) is 0 Å². The predicted molar refractivity (Wildman–Crippen MR) is 42.8 cm³/mol. The smallest absolute Gasteiger partial charge is 0.0768 e. The van der Waals surface area contributed by atoms with Gasteiger partial charge in [0.05, 0.1) is 5.69 Å². The van der Waals surface area contributed by atoms with E-state index in [0.29, 0.717) is 6.54 Å². The van der Waals surface area contributed by atoms with Crippen molar-refractivity contribution in [3.05, 3.63) is 24.0 Å². The Balaban J connectivity index is 2.28. The van der Waals surface area contributed by atoms with Crippen molar-refractivity contribution in [1.29, 1.82) is 0 Å². The van der Waals surface area contributed by atoms with Crippen LogP contribution in [0.4, 0.5) is 0 Å². The molecule has 0 saturated carbocycles. The summed E-state index contributed by atoms with van der Waals surface area (Å²) >= 11 is 0. The third-order valence-corrected chi connectivity index (χ3v) is 1.25. The topological polar surface area (TPSA) is 63.8 Å². The van der Waals surface area contributed by atoms with E-state index in [2.05, 4.69) is 15.5 Å². The molecule has 0 unspecified atom stereocenters. The Morgan fingerprint density at radius 1 is 1.55 bits per heavy atom. The Morgan fingerprint density at radius 3 is 3.09 bits per heavy atom. The number of aromatic nitrogens is 2. The van der Waals surface area contributed by atoms with Gasteiger partial charge >= 0.3 is 0 Å². The van der Waals surface area contributed by atoms with Crippen molar-refractivity contribution in [3.63, 3.8) is 0 Å². The standard InChI is InChI=1S/C7H12N4/c8-3-5-9-6-7-2-1-4-10-11-7/h1-2,4,9H,3,5-6,8H2. The monoisotopic (exact) mass is 152 g/mol. The molecule has 4 heteroatoms. The molecule has 0 aromatic carbocycles. The summed E-state index contributed by atoms with van der Waals surface area (Å²) in [4.78, 5) is 0. The maximum atomic E-state index is 5.29. The molecular formula is C7H12N4. The third kappa shape index (κ3) is 3.06. The number of nitrogens with zero attached hydrogens (tertiary/aromatic N) is 2. The van der Waals surface area contributed by atoms with Crippen LogP contribution in [0.25, 0.3) is 0 Å². The van der Waals surface area contributed by atoms with Crippen molar-refractivity contribution in [2.75, 3.05) is 13.1 Å². The fourth-order valence-corrected chi connectivity index (χ4v) is 0.746. The molecular weight excluding hydrogens is 140 g/mol. The predicted octanol–water partition coefficient (Wildman–Crippen LogP) is -0.475. The highest BCUT2D eigenvalue weighted by Crippen LogP contribution is 1.88. The molecule has 0 aliphatic rings. The van der Waals surface area contributed by atoms with Gasteiger partial charge in [-0.2, -0.15) is 10.2 Å². The minimum Gasteiger partial charge on any atom is -0.329 e. The van der Waals surface area contributed by atoms with Crippen LogP contribution in [-0.4, -0.2) is 23.3 Å². The molecule has 0 aliphatic heterocycles. The molecule has 0 amide bonds. The van der Waals surface area contributed by atoms with Crippen LogP contribution in [0.3, 0.4) is 0 Å². The van der Waals surface area contributed by atoms with Gasteiger partial charge in [-0.3, -0.25) is 0 Å². The maximum Gasteiger partial charge on any atom is 0.0768 e. The first-order valence-electron chi connectivity index (χ1n) is 3.61. The van der Waals surface area contributed by atoms with E-state index in [4.69, 9.17) is 5.73 Å². The minimum atomic E-state index is 0.653. The molecule has 0 radical (unpaired) electrons. The van der Waals surface area contributed by atoms with Crippen molar-refractivity contribution in [2.45, 2.75) is 6.54 Å². The Bertz CT molecular complexity index is 187. The number of hydrogen-bond donors (Lipinski definition) is 2. The highest BCUT2D eigenvalue weighted by Gasteiger charge is 1.90. The van der Waals surface area contributed by atoms with Crippen molar-refractivity contribution < 1.29 is 0 Å². The molecule has 1 heterocycles. The van der Waals surface area contributed by atoms with E-state index in [1.165, 1.54) is 0 Å². The van der Waals surface area contributed by atoms with Crippen LogP contribution in [0, 0.1) is 0 Å². The van der Waals surface area contributed by atoms with E-state index >= 15 is 0 Å². The molecule has 0 bridgehead atoms. The summed E-state index contributed by atoms with van der Waals surface area (Å²) < 4.78 is 0. The second kappa shape index (κ2) is 4.76. The van der Waals surface area contributed by atoms with Gasteiger partial charge in [0.25, 0.3) is 0 Å². The third-order valence-electron chi connectivity index (χ3n) is 1.25. The van der Waals surface area contributed by atoms with Gasteiger partial charge in [-0.05, 0) is 12.1 Å². The largest absolute Gasteiger partial charge is 0.329 e. The number of nitrogens with two attached hydrogens (primary N) is 1. The summed E-state index contributed by atoms with van der Waals surface area (Å²) in [6.45, 7) is 2.21. The Morgan fingerprint density at radius 2 is 2.45 bits per heavy atom. The normalized spacial score (nSPS) is 9.91. The average molecular weight is 152 g/mol. The average Bonchev–Trinajstić information content (AvgIpc) is 2.07. The maximum absolute atomic E-state index is 5.29. The first kappa shape index (κ1) is 8.10. The second-order valence-corrected chi connectivity index (χ2v) is 2.18. The number of hydrogen-bond acceptors (Lipinski definition) is 4. The molecule has 4 nitrogen and oxygen atoms in total. The molecule has 1 aromatic heterocycles. The molecule has 0 spiro atoms. The van der Waals surface area contributed by atoms with E-state index in [1.54, 1.807) is 6.20 Å². The lowest BCUT2D eigenvalue weighted by Gasteiger charge is -1.99. The highest BCUT2D eigenvalue weighted by atomic mass is 15.1. The van der Waals surface area contributed by atoms with E-state index < -0.39 is 0 Å². The first-order chi connectivity index (χ1) is 5.43. The van der Waals surface area contributed by atoms with Gasteiger partial charge in [0.2, 0.25) is 0 Å².